The number of aliphatic hydroxyl groups is 1. The number of carbonyl (C=O) groups excluding carboxylic acids is 2. The molecule has 2 N–H and O–H groups in total. The average molecular weight is 441 g/mol. The van der Waals surface area contributed by atoms with Crippen LogP contribution in [0.15, 0.2) is 41.6 Å². The highest BCUT2D eigenvalue weighted by Crippen LogP contribution is 2.31. The zero-order chi connectivity index (χ0) is 22.8. The van der Waals surface area contributed by atoms with Gasteiger partial charge in [0.2, 0.25) is 5.91 Å². The van der Waals surface area contributed by atoms with Gasteiger partial charge in [0.05, 0.1) is 31.1 Å². The second kappa shape index (κ2) is 8.96. The maximum absolute atomic E-state index is 14.8. The highest BCUT2D eigenvalue weighted by Gasteiger charge is 2.33. The van der Waals surface area contributed by atoms with Crippen molar-refractivity contribution in [1.29, 1.82) is 0 Å². The standard InChI is InChI=1S/C23H24FN3O5/c1-13-7-15(4-6-22(13)27-11-18(31-23(27)30)10-25-14(2)29)16-3-5-19(20(24)8-16)21-9-17(12-28)32-26-21/h3-8,17-18,28H,9-12H2,1-2H3,(H,25,29)/t17?,18-/m0/s1. The molecule has 2 aromatic carbocycles. The third-order valence-corrected chi connectivity index (χ3v) is 5.49. The number of nitrogens with one attached hydrogen (secondary N) is 1. The van der Waals surface area contributed by atoms with Crippen LogP contribution >= 0.6 is 0 Å². The number of nitrogens with zero attached hydrogens (tertiary/aromatic N) is 2. The fourth-order valence-corrected chi connectivity index (χ4v) is 3.83. The van der Waals surface area contributed by atoms with Gasteiger partial charge in [-0.25, -0.2) is 9.18 Å². The van der Waals surface area contributed by atoms with E-state index in [9.17, 15) is 14.0 Å². The van der Waals surface area contributed by atoms with E-state index in [4.69, 9.17) is 14.7 Å². The van der Waals surface area contributed by atoms with Crippen molar-refractivity contribution in [3.05, 3.63) is 53.3 Å². The Bertz CT molecular complexity index is 1090. The molecule has 1 saturated heterocycles. The van der Waals surface area contributed by atoms with Crippen LogP contribution in [0.25, 0.3) is 11.1 Å². The highest BCUT2D eigenvalue weighted by atomic mass is 19.1. The maximum atomic E-state index is 14.8. The first-order valence-electron chi connectivity index (χ1n) is 10.3. The molecule has 1 unspecified atom stereocenters. The number of carbonyl (C=O) groups is 2. The molecule has 32 heavy (non-hydrogen) atoms. The fourth-order valence-electron chi connectivity index (χ4n) is 3.83. The lowest BCUT2D eigenvalue weighted by atomic mass is 9.98. The Morgan fingerprint density at radius 3 is 2.66 bits per heavy atom. The van der Waals surface area contributed by atoms with E-state index in [1.54, 1.807) is 18.2 Å². The molecule has 0 aliphatic carbocycles. The SMILES string of the molecule is CC(=O)NC[C@H]1CN(c2ccc(-c3ccc(C4=NOC(CO)C4)c(F)c3)cc2C)C(=O)O1. The van der Waals surface area contributed by atoms with Crippen molar-refractivity contribution in [2.45, 2.75) is 32.5 Å². The monoisotopic (exact) mass is 441 g/mol. The molecule has 2 aliphatic heterocycles. The zero-order valence-corrected chi connectivity index (χ0v) is 17.8. The Kier molecular flexibility index (Phi) is 6.09. The normalized spacial score (nSPS) is 20.1. The molecule has 2 aromatic rings. The van der Waals surface area contributed by atoms with Crippen LogP contribution in [0.4, 0.5) is 14.9 Å². The van der Waals surface area contributed by atoms with E-state index in [1.807, 2.05) is 19.1 Å². The topological polar surface area (TPSA) is 100 Å². The average Bonchev–Trinajstić information content (AvgIpc) is 3.38. The van der Waals surface area contributed by atoms with Gasteiger partial charge in [0.15, 0.2) is 6.10 Å². The molecular weight excluding hydrogens is 417 g/mol. The zero-order valence-electron chi connectivity index (χ0n) is 17.8. The number of anilines is 1. The quantitative estimate of drug-likeness (QED) is 0.718. The van der Waals surface area contributed by atoms with Crippen molar-refractivity contribution in [3.8, 4) is 11.1 Å². The van der Waals surface area contributed by atoms with Crippen LogP contribution in [-0.2, 0) is 14.4 Å². The molecule has 2 heterocycles. The molecule has 1 fully saturated rings. The van der Waals surface area contributed by atoms with E-state index >= 15 is 0 Å². The summed E-state index contributed by atoms with van der Waals surface area (Å²) in [6.07, 6.45) is -0.961. The number of hydrogen-bond donors (Lipinski definition) is 2. The van der Waals surface area contributed by atoms with Crippen LogP contribution in [0.5, 0.6) is 0 Å². The number of rotatable bonds is 6. The summed E-state index contributed by atoms with van der Waals surface area (Å²) >= 11 is 0. The smallest absolute Gasteiger partial charge is 0.414 e. The minimum absolute atomic E-state index is 0.170. The van der Waals surface area contributed by atoms with Crippen LogP contribution in [0.3, 0.4) is 0 Å². The Balaban J connectivity index is 1.51. The number of cyclic esters (lactones) is 1. The second-order valence-electron chi connectivity index (χ2n) is 7.90. The van der Waals surface area contributed by atoms with E-state index in [2.05, 4.69) is 10.5 Å². The largest absolute Gasteiger partial charge is 0.442 e. The lowest BCUT2D eigenvalue weighted by molar-refractivity contribution is -0.119. The van der Waals surface area contributed by atoms with Gasteiger partial charge in [0.1, 0.15) is 11.9 Å². The molecule has 168 valence electrons. The van der Waals surface area contributed by atoms with Crippen LogP contribution in [0, 0.1) is 12.7 Å². The second-order valence-corrected chi connectivity index (χ2v) is 7.90. The van der Waals surface area contributed by atoms with E-state index in [0.29, 0.717) is 35.5 Å². The number of hydrogen-bond acceptors (Lipinski definition) is 6. The summed E-state index contributed by atoms with van der Waals surface area (Å²) < 4.78 is 20.1. The molecule has 9 heteroatoms. The summed E-state index contributed by atoms with van der Waals surface area (Å²) in [6, 6.07) is 10.4. The van der Waals surface area contributed by atoms with Crippen LogP contribution in [-0.4, -0.2) is 54.7 Å². The molecule has 0 bridgehead atoms. The summed E-state index contributed by atoms with van der Waals surface area (Å²) in [5, 5.41) is 15.7. The highest BCUT2D eigenvalue weighted by molar-refractivity contribution is 6.01. The van der Waals surface area contributed by atoms with E-state index in [-0.39, 0.29) is 19.1 Å². The number of aliphatic hydroxyl groups excluding tert-OH is 1. The number of amides is 2. The first-order chi connectivity index (χ1) is 15.4. The number of halogens is 1. The Labute approximate surface area is 184 Å². The van der Waals surface area contributed by atoms with Crippen molar-refractivity contribution in [3.63, 3.8) is 0 Å². The van der Waals surface area contributed by atoms with Gasteiger partial charge >= 0.3 is 6.09 Å². The lowest BCUT2D eigenvalue weighted by Crippen LogP contribution is -2.33. The minimum Gasteiger partial charge on any atom is -0.442 e. The maximum Gasteiger partial charge on any atom is 0.414 e. The molecule has 0 radical (unpaired) electrons. The van der Waals surface area contributed by atoms with Crippen molar-refractivity contribution in [1.82, 2.24) is 5.32 Å². The lowest BCUT2D eigenvalue weighted by Gasteiger charge is -2.17. The van der Waals surface area contributed by atoms with Crippen molar-refractivity contribution in [2.75, 3.05) is 24.6 Å². The summed E-state index contributed by atoms with van der Waals surface area (Å²) in [5.41, 5.74) is 3.85. The Hall–Kier alpha value is -3.46. The third-order valence-electron chi connectivity index (χ3n) is 5.49. The summed E-state index contributed by atoms with van der Waals surface area (Å²) in [7, 11) is 0. The van der Waals surface area contributed by atoms with Gasteiger partial charge in [-0.05, 0) is 47.9 Å². The van der Waals surface area contributed by atoms with Gasteiger partial charge < -0.3 is 20.0 Å². The van der Waals surface area contributed by atoms with Crippen LogP contribution < -0.4 is 10.2 Å². The van der Waals surface area contributed by atoms with E-state index in [1.165, 1.54) is 17.9 Å². The Morgan fingerprint density at radius 2 is 2.00 bits per heavy atom. The summed E-state index contributed by atoms with van der Waals surface area (Å²) in [5.74, 6) is -0.604. The van der Waals surface area contributed by atoms with Gasteiger partial charge in [0.25, 0.3) is 0 Å². The summed E-state index contributed by atoms with van der Waals surface area (Å²) in [4.78, 5) is 30.0. The number of benzene rings is 2. The first kappa shape index (κ1) is 21.8. The molecule has 2 aliphatic rings. The molecule has 0 spiro atoms. The van der Waals surface area contributed by atoms with E-state index < -0.39 is 24.1 Å². The molecule has 2 amide bonds. The first-order valence-corrected chi connectivity index (χ1v) is 10.3. The molecule has 0 aromatic heterocycles. The number of aryl methyl sites for hydroxylation is 1. The predicted molar refractivity (Wildman–Crippen MR) is 116 cm³/mol. The summed E-state index contributed by atoms with van der Waals surface area (Å²) in [6.45, 7) is 3.71. The molecule has 8 nitrogen and oxygen atoms in total. The van der Waals surface area contributed by atoms with Crippen molar-refractivity contribution < 1.29 is 28.7 Å². The van der Waals surface area contributed by atoms with Crippen LogP contribution in [0.1, 0.15) is 24.5 Å². The van der Waals surface area contributed by atoms with Gasteiger partial charge in [0, 0.05) is 18.9 Å². The molecular formula is C23H24FN3O5. The van der Waals surface area contributed by atoms with E-state index in [0.717, 1.165) is 11.1 Å². The third kappa shape index (κ3) is 4.43. The van der Waals surface area contributed by atoms with Gasteiger partial charge in [-0.2, -0.15) is 0 Å². The predicted octanol–water partition coefficient (Wildman–Crippen LogP) is 2.75. The number of ether oxygens (including phenoxy) is 1. The number of oxime groups is 1. The van der Waals surface area contributed by atoms with Gasteiger partial charge in [-0.1, -0.05) is 17.3 Å². The van der Waals surface area contributed by atoms with Crippen LogP contribution in [0.2, 0.25) is 0 Å². The van der Waals surface area contributed by atoms with Crippen molar-refractivity contribution in [2.24, 2.45) is 5.16 Å². The fraction of sp³-hybridized carbons (Fsp3) is 0.348. The van der Waals surface area contributed by atoms with Gasteiger partial charge in [-0.3, -0.25) is 9.69 Å². The van der Waals surface area contributed by atoms with Crippen molar-refractivity contribution >= 4 is 23.4 Å². The molecule has 0 saturated carbocycles. The molecule has 4 rings (SSSR count). The van der Waals surface area contributed by atoms with Gasteiger partial charge in [-0.15, -0.1) is 0 Å². The Morgan fingerprint density at radius 1 is 1.25 bits per heavy atom. The minimum atomic E-state index is -0.465. The molecule has 2 atom stereocenters.